The number of amides is 2. The molecule has 1 atom stereocenters. The number of hydrogen-bond donors (Lipinski definition) is 0. The van der Waals surface area contributed by atoms with Crippen molar-refractivity contribution >= 4 is 11.8 Å². The summed E-state index contributed by atoms with van der Waals surface area (Å²) in [5.74, 6) is 1.56. The molecule has 0 saturated carbocycles. The summed E-state index contributed by atoms with van der Waals surface area (Å²) < 4.78 is 15.7. The molecule has 0 aromatic heterocycles. The number of nitrogens with zero attached hydrogens (tertiary/aromatic N) is 1. The normalized spacial score (nSPS) is 16.4. The molecule has 0 N–H and O–H groups in total. The molecule has 1 aliphatic heterocycles. The first-order valence-corrected chi connectivity index (χ1v) is 9.23. The Balaban J connectivity index is 1.62. The molecule has 6 nitrogen and oxygen atoms in total. The largest absolute Gasteiger partial charge is 0.497 e. The molecule has 6 heteroatoms. The molecule has 2 aromatic carbocycles. The summed E-state index contributed by atoms with van der Waals surface area (Å²) in [4.78, 5) is 26.5. The molecular weight excluding hydrogens is 358 g/mol. The minimum atomic E-state index is -0.300. The van der Waals surface area contributed by atoms with Crippen molar-refractivity contribution in [3.05, 3.63) is 53.6 Å². The Labute approximate surface area is 165 Å². The highest BCUT2D eigenvalue weighted by Crippen LogP contribution is 2.29. The van der Waals surface area contributed by atoms with Crippen LogP contribution in [-0.4, -0.2) is 44.6 Å². The number of rotatable bonds is 8. The van der Waals surface area contributed by atoms with E-state index in [2.05, 4.69) is 0 Å². The molecule has 1 saturated heterocycles. The Kier molecular flexibility index (Phi) is 6.19. The molecule has 1 unspecified atom stereocenters. The Morgan fingerprint density at radius 2 is 1.57 bits per heavy atom. The molecule has 1 heterocycles. The third-order valence-electron chi connectivity index (χ3n) is 5.05. The van der Waals surface area contributed by atoms with Gasteiger partial charge in [0, 0.05) is 13.0 Å². The standard InChI is InChI=1S/C22H25NO5/c1-26-18-7-4-15(5-8-18)12-17-14-21(24)23(22(17)25)11-10-16-6-9-19(27-2)20(13-16)28-3/h4-9,13,17H,10-12,14H2,1-3H3. The van der Waals surface area contributed by atoms with Crippen LogP contribution in [0.4, 0.5) is 0 Å². The SMILES string of the molecule is COc1ccc(CC2CC(=O)N(CCc3ccc(OC)c(OC)c3)C2=O)cc1. The van der Waals surface area contributed by atoms with E-state index in [4.69, 9.17) is 14.2 Å². The van der Waals surface area contributed by atoms with E-state index in [-0.39, 0.29) is 24.2 Å². The van der Waals surface area contributed by atoms with Crippen LogP contribution in [0.1, 0.15) is 17.5 Å². The van der Waals surface area contributed by atoms with Crippen LogP contribution in [0, 0.1) is 5.92 Å². The highest BCUT2D eigenvalue weighted by molar-refractivity contribution is 6.03. The van der Waals surface area contributed by atoms with Gasteiger partial charge in [-0.15, -0.1) is 0 Å². The van der Waals surface area contributed by atoms with Gasteiger partial charge in [-0.1, -0.05) is 18.2 Å². The van der Waals surface area contributed by atoms with Gasteiger partial charge in [0.15, 0.2) is 11.5 Å². The Morgan fingerprint density at radius 1 is 0.893 bits per heavy atom. The van der Waals surface area contributed by atoms with Crippen LogP contribution < -0.4 is 14.2 Å². The lowest BCUT2D eigenvalue weighted by atomic mass is 9.98. The van der Waals surface area contributed by atoms with Crippen LogP contribution in [-0.2, 0) is 22.4 Å². The number of imide groups is 1. The topological polar surface area (TPSA) is 65.1 Å². The molecular formula is C22H25NO5. The summed E-state index contributed by atoms with van der Waals surface area (Å²) in [5.41, 5.74) is 2.01. The Morgan fingerprint density at radius 3 is 2.21 bits per heavy atom. The molecule has 28 heavy (non-hydrogen) atoms. The van der Waals surface area contributed by atoms with Gasteiger partial charge < -0.3 is 14.2 Å². The van der Waals surface area contributed by atoms with Gasteiger partial charge in [-0.05, 0) is 48.2 Å². The fourth-order valence-corrected chi connectivity index (χ4v) is 3.47. The van der Waals surface area contributed by atoms with Gasteiger partial charge in [-0.25, -0.2) is 0 Å². The minimum absolute atomic E-state index is 0.0960. The maximum Gasteiger partial charge on any atom is 0.233 e. The molecule has 1 fully saturated rings. The second-order valence-corrected chi connectivity index (χ2v) is 6.78. The summed E-state index contributed by atoms with van der Waals surface area (Å²) in [5, 5.41) is 0. The van der Waals surface area contributed by atoms with E-state index >= 15 is 0 Å². The summed E-state index contributed by atoms with van der Waals surface area (Å²) in [6.07, 6.45) is 1.39. The van der Waals surface area contributed by atoms with Crippen LogP contribution >= 0.6 is 0 Å². The fourth-order valence-electron chi connectivity index (χ4n) is 3.47. The smallest absolute Gasteiger partial charge is 0.233 e. The Bertz CT molecular complexity index is 847. The highest BCUT2D eigenvalue weighted by atomic mass is 16.5. The van der Waals surface area contributed by atoms with Crippen LogP contribution in [0.15, 0.2) is 42.5 Å². The number of benzene rings is 2. The van der Waals surface area contributed by atoms with E-state index in [1.54, 1.807) is 21.3 Å². The second kappa shape index (κ2) is 8.78. The number of ether oxygens (including phenoxy) is 3. The zero-order valence-corrected chi connectivity index (χ0v) is 16.4. The first kappa shape index (κ1) is 19.7. The number of likely N-dealkylation sites (tertiary alicyclic amines) is 1. The first-order chi connectivity index (χ1) is 13.5. The summed E-state index contributed by atoms with van der Waals surface area (Å²) in [6.45, 7) is 0.367. The van der Waals surface area contributed by atoms with Gasteiger partial charge in [0.2, 0.25) is 11.8 Å². The number of methoxy groups -OCH3 is 3. The number of hydrogen-bond acceptors (Lipinski definition) is 5. The van der Waals surface area contributed by atoms with Gasteiger partial charge in [-0.2, -0.15) is 0 Å². The Hall–Kier alpha value is -3.02. The zero-order chi connectivity index (χ0) is 20.1. The molecule has 0 radical (unpaired) electrons. The van der Waals surface area contributed by atoms with Crippen LogP contribution in [0.3, 0.4) is 0 Å². The third kappa shape index (κ3) is 4.27. The number of carbonyl (C=O) groups excluding carboxylic acids is 2. The highest BCUT2D eigenvalue weighted by Gasteiger charge is 2.37. The van der Waals surface area contributed by atoms with E-state index < -0.39 is 0 Å². The summed E-state index contributed by atoms with van der Waals surface area (Å²) in [6, 6.07) is 13.2. The van der Waals surface area contributed by atoms with E-state index in [1.165, 1.54) is 4.90 Å². The molecule has 148 valence electrons. The van der Waals surface area contributed by atoms with Gasteiger partial charge in [-0.3, -0.25) is 14.5 Å². The van der Waals surface area contributed by atoms with E-state index in [9.17, 15) is 9.59 Å². The maximum atomic E-state index is 12.7. The van der Waals surface area contributed by atoms with E-state index in [1.807, 2.05) is 42.5 Å². The van der Waals surface area contributed by atoms with Crippen molar-refractivity contribution in [2.45, 2.75) is 19.3 Å². The molecule has 0 bridgehead atoms. The quantitative estimate of drug-likeness (QED) is 0.656. The lowest BCUT2D eigenvalue weighted by molar-refractivity contribution is -0.139. The first-order valence-electron chi connectivity index (χ1n) is 9.23. The lowest BCUT2D eigenvalue weighted by Crippen LogP contribution is -2.33. The molecule has 0 spiro atoms. The van der Waals surface area contributed by atoms with Crippen LogP contribution in [0.5, 0.6) is 17.2 Å². The van der Waals surface area contributed by atoms with Gasteiger partial charge in [0.05, 0.1) is 27.2 Å². The lowest BCUT2D eigenvalue weighted by Gasteiger charge is -2.16. The molecule has 2 amide bonds. The van der Waals surface area contributed by atoms with Crippen LogP contribution in [0.2, 0.25) is 0 Å². The van der Waals surface area contributed by atoms with Crippen LogP contribution in [0.25, 0.3) is 0 Å². The molecule has 3 rings (SSSR count). The monoisotopic (exact) mass is 383 g/mol. The van der Waals surface area contributed by atoms with Crippen molar-refractivity contribution in [1.29, 1.82) is 0 Å². The average Bonchev–Trinajstić information content (AvgIpc) is 2.99. The van der Waals surface area contributed by atoms with E-state index in [0.717, 1.165) is 16.9 Å². The van der Waals surface area contributed by atoms with Crippen molar-refractivity contribution in [2.75, 3.05) is 27.9 Å². The van der Waals surface area contributed by atoms with Crippen molar-refractivity contribution in [3.63, 3.8) is 0 Å². The van der Waals surface area contributed by atoms with Crippen molar-refractivity contribution in [3.8, 4) is 17.2 Å². The third-order valence-corrected chi connectivity index (χ3v) is 5.05. The fraction of sp³-hybridized carbons (Fsp3) is 0.364. The predicted molar refractivity (Wildman–Crippen MR) is 105 cm³/mol. The van der Waals surface area contributed by atoms with Gasteiger partial charge in [0.25, 0.3) is 0 Å². The predicted octanol–water partition coefficient (Wildman–Crippen LogP) is 2.87. The van der Waals surface area contributed by atoms with Gasteiger partial charge in [0.1, 0.15) is 5.75 Å². The zero-order valence-electron chi connectivity index (χ0n) is 16.4. The minimum Gasteiger partial charge on any atom is -0.497 e. The van der Waals surface area contributed by atoms with E-state index in [0.29, 0.717) is 30.9 Å². The summed E-state index contributed by atoms with van der Waals surface area (Å²) >= 11 is 0. The van der Waals surface area contributed by atoms with Gasteiger partial charge >= 0.3 is 0 Å². The molecule has 0 aliphatic carbocycles. The van der Waals surface area contributed by atoms with Crippen molar-refractivity contribution in [2.24, 2.45) is 5.92 Å². The molecule has 1 aliphatic rings. The maximum absolute atomic E-state index is 12.7. The van der Waals surface area contributed by atoms with Crippen molar-refractivity contribution < 1.29 is 23.8 Å². The summed E-state index contributed by atoms with van der Waals surface area (Å²) in [7, 11) is 4.78. The second-order valence-electron chi connectivity index (χ2n) is 6.78. The van der Waals surface area contributed by atoms with Crippen molar-refractivity contribution in [1.82, 2.24) is 4.90 Å². The molecule has 2 aromatic rings. The number of carbonyl (C=O) groups is 2. The average molecular weight is 383 g/mol.